The first-order valence-electron chi connectivity index (χ1n) is 8.05. The fourth-order valence-electron chi connectivity index (χ4n) is 3.28. The average molecular weight is 348 g/mol. The molecule has 1 unspecified atom stereocenters. The Bertz CT molecular complexity index is 765. The van der Waals surface area contributed by atoms with Gasteiger partial charge in [-0.1, -0.05) is 12.1 Å². The van der Waals surface area contributed by atoms with Crippen LogP contribution in [0.5, 0.6) is 0 Å². The van der Waals surface area contributed by atoms with E-state index in [9.17, 15) is 19.4 Å². The van der Waals surface area contributed by atoms with E-state index >= 15 is 0 Å². The van der Waals surface area contributed by atoms with Crippen LogP contribution in [0.3, 0.4) is 0 Å². The molecule has 0 aliphatic carbocycles. The van der Waals surface area contributed by atoms with Crippen molar-refractivity contribution in [2.45, 2.75) is 24.9 Å². The Hall–Kier alpha value is -2.29. The molecule has 1 saturated heterocycles. The van der Waals surface area contributed by atoms with Gasteiger partial charge in [-0.05, 0) is 18.2 Å². The van der Waals surface area contributed by atoms with Crippen molar-refractivity contribution in [2.75, 3.05) is 13.2 Å². The van der Waals surface area contributed by atoms with Gasteiger partial charge in [-0.25, -0.2) is 9.18 Å². The number of carbonyl (C=O) groups excluding carboxylic acids is 1. The number of hydrogen-bond donors (Lipinski definition) is 2. The third kappa shape index (κ3) is 2.82. The Kier molecular flexibility index (Phi) is 4.03. The highest BCUT2D eigenvalue weighted by Gasteiger charge is 2.43. The Balaban J connectivity index is 1.55. The largest absolute Gasteiger partial charge is 0.442 e. The monoisotopic (exact) mass is 348 g/mol. The number of aliphatic hydroxyl groups is 2. The molecule has 0 radical (unpaired) electrons. The van der Waals surface area contributed by atoms with E-state index in [2.05, 4.69) is 4.99 Å². The number of halogens is 1. The predicted octanol–water partition coefficient (Wildman–Crippen LogP) is 1.12. The lowest BCUT2D eigenvalue weighted by Crippen LogP contribution is -2.46. The molecule has 7 nitrogen and oxygen atoms in total. The Morgan fingerprint density at radius 3 is 2.88 bits per heavy atom. The number of carbonyl (C=O) groups is 1. The molecular formula is C17H17FN2O5. The molecule has 1 fully saturated rings. The van der Waals surface area contributed by atoms with Gasteiger partial charge in [0.05, 0.1) is 24.2 Å². The smallest absolute Gasteiger partial charge is 0.348 e. The zero-order chi connectivity index (χ0) is 17.6. The lowest BCUT2D eigenvalue weighted by Gasteiger charge is -2.31. The minimum Gasteiger partial charge on any atom is -0.442 e. The zero-order valence-corrected chi connectivity index (χ0v) is 13.2. The standard InChI is InChI=1S/C17H17FN2O5/c18-11-4-2-1-3-10(11)13-5-9-7-20(17(23)19-16(9)25-13)15-6-12(22)14(8-21)24-15/h1-5,9,12,14-15,21-22H,6-8H2/t9?,12-,14+,15+/m0/s1. The number of aliphatic imine (C=N–C) groups is 1. The molecule has 3 aliphatic rings. The second-order valence-corrected chi connectivity index (χ2v) is 6.22. The summed E-state index contributed by atoms with van der Waals surface area (Å²) in [6, 6.07) is 5.69. The van der Waals surface area contributed by atoms with E-state index in [1.54, 1.807) is 24.3 Å². The summed E-state index contributed by atoms with van der Waals surface area (Å²) in [5.74, 6) is -0.153. The third-order valence-electron chi connectivity index (χ3n) is 4.60. The topological polar surface area (TPSA) is 91.6 Å². The molecule has 25 heavy (non-hydrogen) atoms. The van der Waals surface area contributed by atoms with Crippen molar-refractivity contribution in [3.63, 3.8) is 0 Å². The van der Waals surface area contributed by atoms with Gasteiger partial charge < -0.3 is 19.7 Å². The summed E-state index contributed by atoms with van der Waals surface area (Å²) >= 11 is 0. The van der Waals surface area contributed by atoms with Gasteiger partial charge in [-0.15, -0.1) is 0 Å². The molecule has 4 rings (SSSR count). The number of nitrogens with zero attached hydrogens (tertiary/aromatic N) is 2. The Morgan fingerprint density at radius 1 is 1.36 bits per heavy atom. The minimum absolute atomic E-state index is 0.208. The van der Waals surface area contributed by atoms with Crippen molar-refractivity contribution < 1.29 is 28.9 Å². The van der Waals surface area contributed by atoms with Crippen LogP contribution in [0.25, 0.3) is 5.76 Å². The van der Waals surface area contributed by atoms with Crippen molar-refractivity contribution in [1.82, 2.24) is 4.90 Å². The Morgan fingerprint density at radius 2 is 2.16 bits per heavy atom. The first kappa shape index (κ1) is 16.2. The second kappa shape index (κ2) is 6.21. The maximum atomic E-state index is 13.9. The number of ether oxygens (including phenoxy) is 2. The van der Waals surface area contributed by atoms with Crippen LogP contribution >= 0.6 is 0 Å². The van der Waals surface area contributed by atoms with Gasteiger partial charge in [0, 0.05) is 13.0 Å². The van der Waals surface area contributed by atoms with Crippen molar-refractivity contribution in [3.05, 3.63) is 41.7 Å². The summed E-state index contributed by atoms with van der Waals surface area (Å²) in [6.45, 7) is -0.0662. The number of hydrogen-bond acceptors (Lipinski definition) is 5. The third-order valence-corrected chi connectivity index (χ3v) is 4.60. The molecule has 1 aromatic carbocycles. The molecular weight excluding hydrogens is 331 g/mol. The van der Waals surface area contributed by atoms with Crippen LogP contribution in [0.15, 0.2) is 35.3 Å². The van der Waals surface area contributed by atoms with E-state index < -0.39 is 30.3 Å². The highest BCUT2D eigenvalue weighted by molar-refractivity contribution is 6.00. The molecule has 4 atom stereocenters. The van der Waals surface area contributed by atoms with Gasteiger partial charge in [0.2, 0.25) is 5.90 Å². The first-order valence-corrected chi connectivity index (χ1v) is 8.05. The van der Waals surface area contributed by atoms with Crippen molar-refractivity contribution in [3.8, 4) is 0 Å². The Labute approximate surface area is 143 Å². The lowest BCUT2D eigenvalue weighted by atomic mass is 10.1. The van der Waals surface area contributed by atoms with Crippen LogP contribution in [-0.2, 0) is 9.47 Å². The molecule has 3 aliphatic heterocycles. The van der Waals surface area contributed by atoms with E-state index in [0.29, 0.717) is 11.3 Å². The number of benzene rings is 1. The highest BCUT2D eigenvalue weighted by atomic mass is 19.1. The summed E-state index contributed by atoms with van der Waals surface area (Å²) in [7, 11) is 0. The lowest BCUT2D eigenvalue weighted by molar-refractivity contribution is -0.0647. The molecule has 2 N–H and O–H groups in total. The molecule has 0 saturated carbocycles. The van der Waals surface area contributed by atoms with Crippen LogP contribution in [0.2, 0.25) is 0 Å². The fraction of sp³-hybridized carbons (Fsp3) is 0.412. The maximum absolute atomic E-state index is 13.9. The SMILES string of the molecule is O=C1N=C2OC(c3ccccc3F)=CC2CN1[C@H]1C[C@H](O)[C@@H](CO)O1. The summed E-state index contributed by atoms with van der Waals surface area (Å²) in [6.07, 6.45) is -0.272. The van der Waals surface area contributed by atoms with E-state index in [1.165, 1.54) is 11.0 Å². The van der Waals surface area contributed by atoms with Gasteiger partial charge in [0.25, 0.3) is 0 Å². The number of urea groups is 1. The molecule has 0 spiro atoms. The molecule has 3 heterocycles. The molecule has 1 aromatic rings. The average Bonchev–Trinajstić information content (AvgIpc) is 3.17. The molecule has 0 bridgehead atoms. The number of aliphatic hydroxyl groups excluding tert-OH is 2. The molecule has 0 aromatic heterocycles. The summed E-state index contributed by atoms with van der Waals surface area (Å²) in [5.41, 5.74) is 0.312. The summed E-state index contributed by atoms with van der Waals surface area (Å²) in [4.78, 5) is 17.6. The van der Waals surface area contributed by atoms with Gasteiger partial charge >= 0.3 is 6.03 Å². The van der Waals surface area contributed by atoms with Gasteiger partial charge in [-0.3, -0.25) is 4.90 Å². The van der Waals surface area contributed by atoms with E-state index in [1.807, 2.05) is 0 Å². The summed E-state index contributed by atoms with van der Waals surface area (Å²) < 4.78 is 25.0. The number of fused-ring (bicyclic) bond motifs is 1. The summed E-state index contributed by atoms with van der Waals surface area (Å²) in [5, 5.41) is 19.0. The van der Waals surface area contributed by atoms with Crippen molar-refractivity contribution in [1.29, 1.82) is 0 Å². The zero-order valence-electron chi connectivity index (χ0n) is 13.2. The van der Waals surface area contributed by atoms with E-state index in [0.717, 1.165) is 0 Å². The molecule has 132 valence electrons. The van der Waals surface area contributed by atoms with Crippen LogP contribution < -0.4 is 0 Å². The van der Waals surface area contributed by atoms with Crippen LogP contribution in [0.4, 0.5) is 9.18 Å². The van der Waals surface area contributed by atoms with Crippen LogP contribution in [0.1, 0.15) is 12.0 Å². The van der Waals surface area contributed by atoms with Gasteiger partial charge in [0.1, 0.15) is 23.9 Å². The van der Waals surface area contributed by atoms with E-state index in [-0.39, 0.29) is 31.4 Å². The van der Waals surface area contributed by atoms with Crippen molar-refractivity contribution in [2.24, 2.45) is 10.9 Å². The van der Waals surface area contributed by atoms with Crippen LogP contribution in [-0.4, -0.2) is 58.6 Å². The van der Waals surface area contributed by atoms with Gasteiger partial charge in [0.15, 0.2) is 0 Å². The molecule has 2 amide bonds. The number of amides is 2. The minimum atomic E-state index is -0.836. The second-order valence-electron chi connectivity index (χ2n) is 6.22. The number of rotatable bonds is 3. The normalized spacial score (nSPS) is 31.5. The fourth-order valence-corrected chi connectivity index (χ4v) is 3.28. The first-order chi connectivity index (χ1) is 12.1. The van der Waals surface area contributed by atoms with Crippen molar-refractivity contribution >= 4 is 17.7 Å². The predicted molar refractivity (Wildman–Crippen MR) is 84.9 cm³/mol. The maximum Gasteiger partial charge on any atom is 0.348 e. The van der Waals surface area contributed by atoms with Gasteiger partial charge in [-0.2, -0.15) is 4.99 Å². The highest BCUT2D eigenvalue weighted by Crippen LogP contribution is 2.34. The quantitative estimate of drug-likeness (QED) is 0.854. The molecule has 8 heteroatoms. The van der Waals surface area contributed by atoms with Crippen LogP contribution in [0, 0.1) is 11.7 Å². The van der Waals surface area contributed by atoms with E-state index in [4.69, 9.17) is 9.47 Å².